The molecule has 0 aromatic heterocycles. The van der Waals surface area contributed by atoms with Crippen molar-refractivity contribution in [3.8, 4) is 0 Å². The van der Waals surface area contributed by atoms with Crippen molar-refractivity contribution >= 4 is 11.6 Å². The third-order valence-electron chi connectivity index (χ3n) is 5.66. The first-order valence-electron chi connectivity index (χ1n) is 9.08. The van der Waals surface area contributed by atoms with Crippen molar-refractivity contribution in [3.05, 3.63) is 29.8 Å². The van der Waals surface area contributed by atoms with E-state index in [1.165, 1.54) is 30.6 Å². The second kappa shape index (κ2) is 6.16. The average Bonchev–Trinajstić information content (AvgIpc) is 3.34. The monoisotopic (exact) mass is 313 g/mol. The summed E-state index contributed by atoms with van der Waals surface area (Å²) in [7, 11) is 0. The number of nitrogens with zero attached hydrogens (tertiary/aromatic N) is 1. The van der Waals surface area contributed by atoms with Gasteiger partial charge in [0.15, 0.2) is 0 Å². The summed E-state index contributed by atoms with van der Waals surface area (Å²) in [5, 5.41) is 6.89. The molecule has 1 saturated carbocycles. The molecular weight excluding hydrogens is 286 g/mol. The number of carbonyl (C=O) groups is 1. The minimum Gasteiger partial charge on any atom is -0.379 e. The minimum absolute atomic E-state index is 0.0788. The maximum atomic E-state index is 12.3. The molecule has 2 N–H and O–H groups in total. The topological polar surface area (TPSA) is 44.4 Å². The Bertz CT molecular complexity index is 574. The summed E-state index contributed by atoms with van der Waals surface area (Å²) in [6.07, 6.45) is 6.44. The molecule has 2 heterocycles. The molecule has 2 aliphatic heterocycles. The summed E-state index contributed by atoms with van der Waals surface area (Å²) in [4.78, 5) is 14.9. The minimum atomic E-state index is -0.0788. The number of nitrogens with one attached hydrogen (secondary N) is 2. The Morgan fingerprint density at radius 3 is 2.74 bits per heavy atom. The zero-order valence-corrected chi connectivity index (χ0v) is 13.8. The lowest BCUT2D eigenvalue weighted by Crippen LogP contribution is -2.51. The van der Waals surface area contributed by atoms with Crippen molar-refractivity contribution in [2.24, 2.45) is 5.92 Å². The van der Waals surface area contributed by atoms with Gasteiger partial charge >= 0.3 is 0 Å². The van der Waals surface area contributed by atoms with E-state index in [0.29, 0.717) is 6.42 Å². The molecule has 0 bridgehead atoms. The van der Waals surface area contributed by atoms with Gasteiger partial charge in [-0.05, 0) is 49.7 Å². The highest BCUT2D eigenvalue weighted by atomic mass is 16.1. The molecule has 3 aliphatic rings. The first-order chi connectivity index (χ1) is 11.2. The number of amides is 1. The van der Waals surface area contributed by atoms with Gasteiger partial charge in [-0.2, -0.15) is 0 Å². The molecule has 0 unspecified atom stereocenters. The van der Waals surface area contributed by atoms with Crippen molar-refractivity contribution in [1.29, 1.82) is 0 Å². The van der Waals surface area contributed by atoms with Gasteiger partial charge < -0.3 is 15.5 Å². The van der Waals surface area contributed by atoms with E-state index < -0.39 is 0 Å². The van der Waals surface area contributed by atoms with E-state index >= 15 is 0 Å². The predicted molar refractivity (Wildman–Crippen MR) is 92.5 cm³/mol. The van der Waals surface area contributed by atoms with E-state index in [1.54, 1.807) is 0 Å². The van der Waals surface area contributed by atoms with Gasteiger partial charge in [0, 0.05) is 43.8 Å². The Labute approximate surface area is 138 Å². The summed E-state index contributed by atoms with van der Waals surface area (Å²) in [6, 6.07) is 8.53. The molecule has 1 saturated heterocycles. The highest BCUT2D eigenvalue weighted by Gasteiger charge is 2.38. The lowest BCUT2D eigenvalue weighted by Gasteiger charge is -2.43. The first kappa shape index (κ1) is 15.0. The van der Waals surface area contributed by atoms with Crippen molar-refractivity contribution in [3.63, 3.8) is 0 Å². The molecule has 124 valence electrons. The van der Waals surface area contributed by atoms with Crippen molar-refractivity contribution in [2.75, 3.05) is 31.5 Å². The molecule has 0 atom stereocenters. The number of benzene rings is 1. The summed E-state index contributed by atoms with van der Waals surface area (Å²) in [5.74, 6) is 1.14. The summed E-state index contributed by atoms with van der Waals surface area (Å²) >= 11 is 0. The fourth-order valence-corrected chi connectivity index (χ4v) is 4.03. The second-order valence-corrected chi connectivity index (χ2v) is 7.58. The van der Waals surface area contributed by atoms with E-state index in [1.807, 2.05) is 0 Å². The molecule has 1 aromatic carbocycles. The Morgan fingerprint density at radius 2 is 1.96 bits per heavy atom. The molecular formula is C19H27N3O. The standard InChI is InChI=1S/C19H27N3O/c23-18-13-19(8-11-22(12-9-19)14-15-5-6-15)21-17-4-2-1-3-16(17)7-10-20-18/h1-4,15,21H,5-14H2,(H,20,23). The van der Waals surface area contributed by atoms with Crippen molar-refractivity contribution in [1.82, 2.24) is 10.2 Å². The number of likely N-dealkylation sites (tertiary alicyclic amines) is 1. The largest absolute Gasteiger partial charge is 0.379 e. The van der Waals surface area contributed by atoms with Gasteiger partial charge in [-0.25, -0.2) is 0 Å². The van der Waals surface area contributed by atoms with Crippen LogP contribution in [-0.2, 0) is 11.2 Å². The Kier molecular flexibility index (Phi) is 4.02. The normalized spacial score (nSPS) is 24.8. The van der Waals surface area contributed by atoms with E-state index in [4.69, 9.17) is 0 Å². The molecule has 4 rings (SSSR count). The van der Waals surface area contributed by atoms with Gasteiger partial charge in [-0.1, -0.05) is 18.2 Å². The molecule has 1 amide bonds. The fourth-order valence-electron chi connectivity index (χ4n) is 4.03. The van der Waals surface area contributed by atoms with Crippen LogP contribution in [0.5, 0.6) is 0 Å². The van der Waals surface area contributed by atoms with Gasteiger partial charge in [0.1, 0.15) is 0 Å². The Balaban J connectivity index is 1.52. The predicted octanol–water partition coefficient (Wildman–Crippen LogP) is 2.41. The van der Waals surface area contributed by atoms with E-state index in [0.717, 1.165) is 44.8 Å². The summed E-state index contributed by atoms with van der Waals surface area (Å²) in [5.41, 5.74) is 2.46. The van der Waals surface area contributed by atoms with Crippen LogP contribution in [-0.4, -0.2) is 42.5 Å². The van der Waals surface area contributed by atoms with Crippen LogP contribution in [0.3, 0.4) is 0 Å². The number of hydrogen-bond acceptors (Lipinski definition) is 3. The van der Waals surface area contributed by atoms with E-state index in [9.17, 15) is 4.79 Å². The van der Waals surface area contributed by atoms with Crippen LogP contribution in [0.15, 0.2) is 24.3 Å². The molecule has 2 fully saturated rings. The van der Waals surface area contributed by atoms with Gasteiger partial charge in [0.05, 0.1) is 0 Å². The molecule has 23 heavy (non-hydrogen) atoms. The smallest absolute Gasteiger partial charge is 0.222 e. The maximum absolute atomic E-state index is 12.3. The molecule has 0 radical (unpaired) electrons. The van der Waals surface area contributed by atoms with Crippen LogP contribution in [0.2, 0.25) is 0 Å². The van der Waals surface area contributed by atoms with Crippen LogP contribution in [0, 0.1) is 5.92 Å². The number of rotatable bonds is 2. The molecule has 4 nitrogen and oxygen atoms in total. The molecule has 1 aromatic rings. The first-order valence-corrected chi connectivity index (χ1v) is 9.08. The number of para-hydroxylation sites is 1. The molecule has 1 aliphatic carbocycles. The van der Waals surface area contributed by atoms with Crippen LogP contribution >= 0.6 is 0 Å². The number of piperidine rings is 1. The van der Waals surface area contributed by atoms with Crippen LogP contribution in [0.25, 0.3) is 0 Å². The van der Waals surface area contributed by atoms with Crippen molar-refractivity contribution < 1.29 is 4.79 Å². The lowest BCUT2D eigenvalue weighted by molar-refractivity contribution is -0.122. The maximum Gasteiger partial charge on any atom is 0.222 e. The Morgan fingerprint density at radius 1 is 1.17 bits per heavy atom. The summed E-state index contributed by atoms with van der Waals surface area (Å²) < 4.78 is 0. The number of carbonyl (C=O) groups excluding carboxylic acids is 1. The SMILES string of the molecule is O=C1CC2(CCN(CC3CC3)CC2)Nc2ccccc2CCN1. The average molecular weight is 313 g/mol. The zero-order valence-electron chi connectivity index (χ0n) is 13.8. The van der Waals surface area contributed by atoms with Gasteiger partial charge in [0.2, 0.25) is 5.91 Å². The fraction of sp³-hybridized carbons (Fsp3) is 0.632. The van der Waals surface area contributed by atoms with Gasteiger partial charge in [0.25, 0.3) is 0 Å². The second-order valence-electron chi connectivity index (χ2n) is 7.58. The van der Waals surface area contributed by atoms with Crippen LogP contribution in [0.4, 0.5) is 5.69 Å². The lowest BCUT2D eigenvalue weighted by atomic mass is 9.83. The highest BCUT2D eigenvalue weighted by molar-refractivity contribution is 5.78. The number of hydrogen-bond donors (Lipinski definition) is 2. The number of anilines is 1. The summed E-state index contributed by atoms with van der Waals surface area (Å²) in [6.45, 7) is 4.22. The van der Waals surface area contributed by atoms with Gasteiger partial charge in [-0.15, -0.1) is 0 Å². The van der Waals surface area contributed by atoms with Gasteiger partial charge in [-0.3, -0.25) is 4.79 Å². The van der Waals surface area contributed by atoms with Crippen LogP contribution < -0.4 is 10.6 Å². The van der Waals surface area contributed by atoms with Crippen LogP contribution in [0.1, 0.15) is 37.7 Å². The Hall–Kier alpha value is -1.55. The molecule has 1 spiro atoms. The van der Waals surface area contributed by atoms with E-state index in [2.05, 4.69) is 39.8 Å². The molecule has 4 heteroatoms. The zero-order chi connectivity index (χ0) is 15.7. The van der Waals surface area contributed by atoms with E-state index in [-0.39, 0.29) is 11.4 Å². The third kappa shape index (κ3) is 3.52. The third-order valence-corrected chi connectivity index (χ3v) is 5.66. The highest BCUT2D eigenvalue weighted by Crippen LogP contribution is 2.35. The number of fused-ring (bicyclic) bond motifs is 1. The van der Waals surface area contributed by atoms with Crippen molar-refractivity contribution in [2.45, 2.75) is 44.1 Å². The quantitative estimate of drug-likeness (QED) is 0.881.